The van der Waals surface area contributed by atoms with Crippen molar-refractivity contribution in [2.45, 2.75) is 43.6 Å². The summed E-state index contributed by atoms with van der Waals surface area (Å²) < 4.78 is 20.2. The number of benzene rings is 1. The third-order valence-corrected chi connectivity index (χ3v) is 6.44. The Morgan fingerprint density at radius 3 is 2.79 bits per heavy atom. The summed E-state index contributed by atoms with van der Waals surface area (Å²) in [6.45, 7) is 0.686. The van der Waals surface area contributed by atoms with E-state index in [0.717, 1.165) is 43.0 Å². The van der Waals surface area contributed by atoms with Crippen molar-refractivity contribution >= 4 is 23.3 Å². The molecule has 0 atom stereocenters. The first-order valence-electron chi connectivity index (χ1n) is 10.9. The molecule has 3 aromatic rings. The van der Waals surface area contributed by atoms with Gasteiger partial charge in [-0.25, -0.2) is 9.37 Å². The van der Waals surface area contributed by atoms with Crippen LogP contribution in [0, 0.1) is 5.82 Å². The maximum absolute atomic E-state index is 14.3. The zero-order valence-electron chi connectivity index (χ0n) is 17.8. The van der Waals surface area contributed by atoms with Gasteiger partial charge in [0, 0.05) is 17.5 Å². The normalized spacial score (nSPS) is 22.2. The Kier molecular flexibility index (Phi) is 6.04. The molecular weight excluding hydrogens is 445 g/mol. The summed E-state index contributed by atoms with van der Waals surface area (Å²) >= 11 is 5.90. The summed E-state index contributed by atoms with van der Waals surface area (Å²) in [4.78, 5) is 9.14. The minimum atomic E-state index is -0.524. The molecule has 1 aliphatic heterocycles. The second-order valence-corrected chi connectivity index (χ2v) is 8.74. The van der Waals surface area contributed by atoms with E-state index < -0.39 is 5.82 Å². The predicted octanol–water partition coefficient (Wildman–Crippen LogP) is 4.27. The molecule has 0 radical (unpaired) electrons. The van der Waals surface area contributed by atoms with E-state index in [2.05, 4.69) is 30.9 Å². The number of halogens is 2. The zero-order chi connectivity index (χ0) is 22.7. The van der Waals surface area contributed by atoms with Gasteiger partial charge >= 0.3 is 0 Å². The predicted molar refractivity (Wildman–Crippen MR) is 123 cm³/mol. The highest BCUT2D eigenvalue weighted by Gasteiger charge is 2.41. The number of hydrogen-bond donors (Lipinski definition) is 2. The molecule has 0 bridgehead atoms. The van der Waals surface area contributed by atoms with E-state index in [1.807, 2.05) is 30.4 Å². The molecule has 2 aliphatic rings. The quantitative estimate of drug-likeness (QED) is 0.561. The van der Waals surface area contributed by atoms with Crippen LogP contribution >= 0.6 is 11.6 Å². The van der Waals surface area contributed by atoms with Gasteiger partial charge in [-0.1, -0.05) is 35.0 Å². The van der Waals surface area contributed by atoms with Crippen molar-refractivity contribution in [2.24, 2.45) is 4.99 Å². The van der Waals surface area contributed by atoms with Gasteiger partial charge in [-0.15, -0.1) is 10.2 Å². The second-order valence-electron chi connectivity index (χ2n) is 8.33. The van der Waals surface area contributed by atoms with Crippen LogP contribution in [0.15, 0.2) is 53.5 Å². The molecule has 1 saturated carbocycles. The second kappa shape index (κ2) is 9.27. The van der Waals surface area contributed by atoms with Crippen LogP contribution in [-0.2, 0) is 11.8 Å². The number of ether oxygens (including phenoxy) is 1. The lowest BCUT2D eigenvalue weighted by Gasteiger charge is -2.37. The Morgan fingerprint density at radius 1 is 1.18 bits per heavy atom. The largest absolute Gasteiger partial charge is 0.487 e. The van der Waals surface area contributed by atoms with Gasteiger partial charge in [-0.05, 0) is 56.0 Å². The van der Waals surface area contributed by atoms with Gasteiger partial charge in [-0.3, -0.25) is 4.99 Å². The molecule has 1 aromatic carbocycles. The van der Waals surface area contributed by atoms with Crippen LogP contribution in [0.2, 0.25) is 5.02 Å². The monoisotopic (exact) mass is 467 g/mol. The van der Waals surface area contributed by atoms with Crippen LogP contribution in [-0.4, -0.2) is 44.1 Å². The summed E-state index contributed by atoms with van der Waals surface area (Å²) in [5.74, 6) is 1.87. The SMILES string of the molecule is Fc1c(Cl)cccc1OC1CCC(Cc2cccc(NC3=NCC=C3)n2)(c2nn[nH]n2)CC1. The number of rotatable bonds is 6. The number of aromatic nitrogens is 5. The Morgan fingerprint density at radius 2 is 2.03 bits per heavy atom. The van der Waals surface area contributed by atoms with Gasteiger partial charge in [0.25, 0.3) is 0 Å². The van der Waals surface area contributed by atoms with E-state index in [4.69, 9.17) is 21.3 Å². The first kappa shape index (κ1) is 21.5. The van der Waals surface area contributed by atoms with Gasteiger partial charge in [-0.2, -0.15) is 5.21 Å². The standard InChI is InChI=1S/C23H23ClFN7O/c24-17-5-2-6-18(21(17)25)33-16-9-11-23(12-10-16,22-29-31-32-30-22)14-15-4-1-7-20(27-15)28-19-8-3-13-26-19/h1-8,16H,9-14H2,(H,26,27,28)(H,29,30,31,32). The van der Waals surface area contributed by atoms with Crippen LogP contribution in [0.1, 0.15) is 37.2 Å². The number of aliphatic imine (C=N–C) groups is 1. The minimum Gasteiger partial charge on any atom is -0.487 e. The molecule has 1 fully saturated rings. The molecule has 0 unspecified atom stereocenters. The maximum atomic E-state index is 14.3. The smallest absolute Gasteiger partial charge is 0.183 e. The summed E-state index contributed by atoms with van der Waals surface area (Å²) in [5, 5.41) is 18.3. The lowest BCUT2D eigenvalue weighted by molar-refractivity contribution is 0.108. The van der Waals surface area contributed by atoms with Crippen molar-refractivity contribution in [1.29, 1.82) is 0 Å². The topological polar surface area (TPSA) is 101 Å². The van der Waals surface area contributed by atoms with E-state index in [-0.39, 0.29) is 22.3 Å². The fraction of sp³-hybridized carbons (Fsp3) is 0.348. The Labute approximate surface area is 195 Å². The summed E-state index contributed by atoms with van der Waals surface area (Å²) in [5.41, 5.74) is 0.587. The lowest BCUT2D eigenvalue weighted by atomic mass is 9.69. The Balaban J connectivity index is 1.32. The number of amidine groups is 1. The first-order chi connectivity index (χ1) is 16.1. The van der Waals surface area contributed by atoms with Gasteiger partial charge in [0.15, 0.2) is 17.4 Å². The maximum Gasteiger partial charge on any atom is 0.183 e. The van der Waals surface area contributed by atoms with Crippen LogP contribution in [0.3, 0.4) is 0 Å². The zero-order valence-corrected chi connectivity index (χ0v) is 18.6. The number of pyridine rings is 1. The molecule has 1 aliphatic carbocycles. The molecule has 0 saturated heterocycles. The third-order valence-electron chi connectivity index (χ3n) is 6.14. The van der Waals surface area contributed by atoms with E-state index in [1.54, 1.807) is 12.1 Å². The van der Waals surface area contributed by atoms with Crippen molar-refractivity contribution in [2.75, 3.05) is 11.9 Å². The summed E-state index contributed by atoms with van der Waals surface area (Å²) in [6, 6.07) is 10.7. The van der Waals surface area contributed by atoms with Crippen molar-refractivity contribution in [3.05, 3.63) is 70.9 Å². The van der Waals surface area contributed by atoms with E-state index in [9.17, 15) is 4.39 Å². The molecule has 10 heteroatoms. The first-order valence-corrected chi connectivity index (χ1v) is 11.3. The molecule has 3 heterocycles. The van der Waals surface area contributed by atoms with Crippen molar-refractivity contribution < 1.29 is 9.13 Å². The highest BCUT2D eigenvalue weighted by atomic mass is 35.5. The van der Waals surface area contributed by atoms with Crippen LogP contribution < -0.4 is 10.1 Å². The number of anilines is 1. The fourth-order valence-electron chi connectivity index (χ4n) is 4.46. The number of hydrogen-bond acceptors (Lipinski definition) is 7. The van der Waals surface area contributed by atoms with E-state index in [1.165, 1.54) is 6.07 Å². The Bertz CT molecular complexity index is 1170. The van der Waals surface area contributed by atoms with Crippen molar-refractivity contribution in [3.8, 4) is 5.75 Å². The summed E-state index contributed by atoms with van der Waals surface area (Å²) in [7, 11) is 0. The molecular formula is C23H23ClFN7O. The van der Waals surface area contributed by atoms with Crippen molar-refractivity contribution in [1.82, 2.24) is 25.6 Å². The summed E-state index contributed by atoms with van der Waals surface area (Å²) in [6.07, 6.45) is 7.43. The molecule has 2 aromatic heterocycles. The van der Waals surface area contributed by atoms with Gasteiger partial charge in [0.1, 0.15) is 11.7 Å². The van der Waals surface area contributed by atoms with Gasteiger partial charge in [0.2, 0.25) is 0 Å². The number of H-pyrrole nitrogens is 1. The lowest BCUT2D eigenvalue weighted by Crippen LogP contribution is -2.38. The minimum absolute atomic E-state index is 0.0584. The average Bonchev–Trinajstić information content (AvgIpc) is 3.54. The van der Waals surface area contributed by atoms with E-state index >= 15 is 0 Å². The molecule has 2 N–H and O–H groups in total. The number of nitrogens with zero attached hydrogens (tertiary/aromatic N) is 5. The number of nitrogens with one attached hydrogen (secondary N) is 2. The molecule has 0 amide bonds. The average molecular weight is 468 g/mol. The van der Waals surface area contributed by atoms with Crippen LogP contribution in [0.25, 0.3) is 0 Å². The highest BCUT2D eigenvalue weighted by Crippen LogP contribution is 2.41. The van der Waals surface area contributed by atoms with Crippen molar-refractivity contribution in [3.63, 3.8) is 0 Å². The highest BCUT2D eigenvalue weighted by molar-refractivity contribution is 6.30. The third kappa shape index (κ3) is 4.73. The molecule has 8 nitrogen and oxygen atoms in total. The molecule has 5 rings (SSSR count). The van der Waals surface area contributed by atoms with Crippen LogP contribution in [0.5, 0.6) is 5.75 Å². The van der Waals surface area contributed by atoms with E-state index in [0.29, 0.717) is 18.8 Å². The molecule has 33 heavy (non-hydrogen) atoms. The number of aromatic amines is 1. The fourth-order valence-corrected chi connectivity index (χ4v) is 4.62. The Hall–Kier alpha value is -3.33. The van der Waals surface area contributed by atoms with Gasteiger partial charge in [0.05, 0.1) is 17.7 Å². The molecule has 0 spiro atoms. The van der Waals surface area contributed by atoms with Crippen LogP contribution in [0.4, 0.5) is 10.2 Å². The molecule has 170 valence electrons. The number of tetrazole rings is 1. The van der Waals surface area contributed by atoms with Gasteiger partial charge < -0.3 is 10.1 Å².